The standard InChI is InChI=1S/C10H4Br2Cl2N2O/c11-6-4-15-16(10(17)9(6)12)5-1-2-7(13)8(14)3-5/h1-4H. The van der Waals surface area contributed by atoms with Gasteiger partial charge in [0.05, 0.1) is 26.4 Å². The molecule has 0 fully saturated rings. The Kier molecular flexibility index (Phi) is 3.92. The minimum absolute atomic E-state index is 0.280. The van der Waals surface area contributed by atoms with Crippen molar-refractivity contribution in [3.63, 3.8) is 0 Å². The molecular weight excluding hydrogens is 395 g/mol. The average molecular weight is 399 g/mol. The van der Waals surface area contributed by atoms with Crippen LogP contribution in [0.3, 0.4) is 0 Å². The van der Waals surface area contributed by atoms with Gasteiger partial charge in [-0.15, -0.1) is 0 Å². The number of hydrogen-bond acceptors (Lipinski definition) is 2. The summed E-state index contributed by atoms with van der Waals surface area (Å²) in [6.07, 6.45) is 1.52. The molecule has 1 aromatic carbocycles. The molecular formula is C10H4Br2Cl2N2O. The van der Waals surface area contributed by atoms with Gasteiger partial charge in [0, 0.05) is 0 Å². The fourth-order valence-electron chi connectivity index (χ4n) is 1.21. The second-order valence-electron chi connectivity index (χ2n) is 3.12. The zero-order valence-electron chi connectivity index (χ0n) is 8.12. The summed E-state index contributed by atoms with van der Waals surface area (Å²) in [4.78, 5) is 11.9. The van der Waals surface area contributed by atoms with Crippen molar-refractivity contribution in [1.29, 1.82) is 0 Å². The Morgan fingerprint density at radius 1 is 1.18 bits per heavy atom. The Balaban J connectivity index is 2.65. The number of hydrogen-bond donors (Lipinski definition) is 0. The van der Waals surface area contributed by atoms with Crippen molar-refractivity contribution in [2.24, 2.45) is 0 Å². The third-order valence-electron chi connectivity index (χ3n) is 2.02. The van der Waals surface area contributed by atoms with Crippen LogP contribution >= 0.6 is 55.1 Å². The van der Waals surface area contributed by atoms with Crippen LogP contribution in [0.25, 0.3) is 5.69 Å². The van der Waals surface area contributed by atoms with Gasteiger partial charge in [0.15, 0.2) is 0 Å². The Hall–Kier alpha value is -0.360. The van der Waals surface area contributed by atoms with Gasteiger partial charge in [-0.2, -0.15) is 9.78 Å². The predicted octanol–water partition coefficient (Wildman–Crippen LogP) is 4.06. The molecule has 0 spiro atoms. The van der Waals surface area contributed by atoms with E-state index in [1.807, 2.05) is 0 Å². The van der Waals surface area contributed by atoms with Crippen molar-refractivity contribution in [3.05, 3.63) is 53.7 Å². The van der Waals surface area contributed by atoms with Crippen LogP contribution in [0.15, 0.2) is 38.1 Å². The van der Waals surface area contributed by atoms with E-state index in [1.165, 1.54) is 10.9 Å². The average Bonchev–Trinajstić information content (AvgIpc) is 2.30. The van der Waals surface area contributed by atoms with Crippen LogP contribution in [-0.2, 0) is 0 Å². The first kappa shape index (κ1) is 13.1. The van der Waals surface area contributed by atoms with Gasteiger partial charge in [-0.25, -0.2) is 0 Å². The molecule has 0 amide bonds. The second-order valence-corrected chi connectivity index (χ2v) is 5.58. The van der Waals surface area contributed by atoms with E-state index in [9.17, 15) is 4.79 Å². The first-order valence-electron chi connectivity index (χ1n) is 4.39. The Labute approximate surface area is 124 Å². The fourth-order valence-corrected chi connectivity index (χ4v) is 2.04. The summed E-state index contributed by atoms with van der Waals surface area (Å²) < 4.78 is 2.23. The zero-order valence-corrected chi connectivity index (χ0v) is 12.8. The number of aromatic nitrogens is 2. The van der Waals surface area contributed by atoms with E-state index in [-0.39, 0.29) is 5.56 Å². The summed E-state index contributed by atoms with van der Waals surface area (Å²) in [7, 11) is 0. The monoisotopic (exact) mass is 396 g/mol. The van der Waals surface area contributed by atoms with Crippen LogP contribution in [0.2, 0.25) is 10.0 Å². The Morgan fingerprint density at radius 3 is 2.53 bits per heavy atom. The van der Waals surface area contributed by atoms with E-state index in [0.29, 0.717) is 24.7 Å². The molecule has 17 heavy (non-hydrogen) atoms. The highest BCUT2D eigenvalue weighted by molar-refractivity contribution is 9.13. The zero-order chi connectivity index (χ0) is 12.6. The minimum Gasteiger partial charge on any atom is -0.266 e. The third kappa shape index (κ3) is 2.57. The lowest BCUT2D eigenvalue weighted by molar-refractivity contribution is 0.796. The molecule has 0 bridgehead atoms. The Morgan fingerprint density at radius 2 is 1.88 bits per heavy atom. The molecule has 0 saturated carbocycles. The molecule has 0 aliphatic carbocycles. The molecule has 1 heterocycles. The van der Waals surface area contributed by atoms with Crippen LogP contribution in [0, 0.1) is 0 Å². The summed E-state index contributed by atoms with van der Waals surface area (Å²) in [5, 5.41) is 4.81. The van der Waals surface area contributed by atoms with Gasteiger partial charge in [-0.05, 0) is 50.1 Å². The van der Waals surface area contributed by atoms with Crippen molar-refractivity contribution in [2.45, 2.75) is 0 Å². The van der Waals surface area contributed by atoms with E-state index in [2.05, 4.69) is 37.0 Å². The van der Waals surface area contributed by atoms with Crippen molar-refractivity contribution < 1.29 is 0 Å². The maximum Gasteiger partial charge on any atom is 0.286 e. The minimum atomic E-state index is -0.280. The number of nitrogens with zero attached hydrogens (tertiary/aromatic N) is 2. The van der Waals surface area contributed by atoms with Crippen LogP contribution in [0.1, 0.15) is 0 Å². The van der Waals surface area contributed by atoms with E-state index in [0.717, 1.165) is 0 Å². The third-order valence-corrected chi connectivity index (χ3v) is 4.66. The number of rotatable bonds is 1. The summed E-state index contributed by atoms with van der Waals surface area (Å²) in [5.74, 6) is 0. The van der Waals surface area contributed by atoms with Gasteiger partial charge >= 0.3 is 0 Å². The van der Waals surface area contributed by atoms with Gasteiger partial charge in [0.2, 0.25) is 0 Å². The van der Waals surface area contributed by atoms with Crippen molar-refractivity contribution in [3.8, 4) is 5.69 Å². The van der Waals surface area contributed by atoms with Crippen molar-refractivity contribution >= 4 is 55.1 Å². The molecule has 0 saturated heterocycles. The topological polar surface area (TPSA) is 34.9 Å². The SMILES string of the molecule is O=c1c(Br)c(Br)cnn1-c1ccc(Cl)c(Cl)c1. The summed E-state index contributed by atoms with van der Waals surface area (Å²) in [6.45, 7) is 0. The normalized spacial score (nSPS) is 10.6. The van der Waals surface area contributed by atoms with Gasteiger partial charge in [0.1, 0.15) is 4.47 Å². The number of benzene rings is 1. The lowest BCUT2D eigenvalue weighted by Gasteiger charge is -2.06. The highest BCUT2D eigenvalue weighted by atomic mass is 79.9. The molecule has 0 N–H and O–H groups in total. The highest BCUT2D eigenvalue weighted by Gasteiger charge is 2.09. The molecule has 3 nitrogen and oxygen atoms in total. The van der Waals surface area contributed by atoms with E-state index in [4.69, 9.17) is 23.2 Å². The largest absolute Gasteiger partial charge is 0.286 e. The summed E-state index contributed by atoms with van der Waals surface area (Å²) in [5.41, 5.74) is 0.273. The van der Waals surface area contributed by atoms with E-state index in [1.54, 1.807) is 18.2 Å². The molecule has 0 aliphatic rings. The van der Waals surface area contributed by atoms with Crippen LogP contribution in [-0.4, -0.2) is 9.78 Å². The maximum absolute atomic E-state index is 11.9. The van der Waals surface area contributed by atoms with Crippen LogP contribution in [0.5, 0.6) is 0 Å². The van der Waals surface area contributed by atoms with Gasteiger partial charge in [-0.3, -0.25) is 4.79 Å². The molecule has 0 radical (unpaired) electrons. The molecule has 88 valence electrons. The fraction of sp³-hybridized carbons (Fsp3) is 0. The summed E-state index contributed by atoms with van der Waals surface area (Å²) in [6, 6.07) is 4.87. The predicted molar refractivity (Wildman–Crippen MR) is 75.3 cm³/mol. The Bertz CT molecular complexity index is 643. The van der Waals surface area contributed by atoms with Gasteiger partial charge in [-0.1, -0.05) is 23.2 Å². The summed E-state index contributed by atoms with van der Waals surface area (Å²) >= 11 is 18.1. The second kappa shape index (κ2) is 5.10. The van der Waals surface area contributed by atoms with Crippen LogP contribution in [0.4, 0.5) is 0 Å². The van der Waals surface area contributed by atoms with E-state index < -0.39 is 0 Å². The van der Waals surface area contributed by atoms with Crippen molar-refractivity contribution in [1.82, 2.24) is 9.78 Å². The molecule has 2 rings (SSSR count). The van der Waals surface area contributed by atoms with Gasteiger partial charge < -0.3 is 0 Å². The molecule has 0 atom stereocenters. The molecule has 7 heteroatoms. The van der Waals surface area contributed by atoms with E-state index >= 15 is 0 Å². The lowest BCUT2D eigenvalue weighted by Crippen LogP contribution is -2.21. The first-order valence-corrected chi connectivity index (χ1v) is 6.73. The molecule has 2 aromatic rings. The smallest absolute Gasteiger partial charge is 0.266 e. The number of halogens is 4. The maximum atomic E-state index is 11.9. The quantitative estimate of drug-likeness (QED) is 0.726. The first-order chi connectivity index (χ1) is 8.00. The highest BCUT2D eigenvalue weighted by Crippen LogP contribution is 2.24. The molecule has 1 aromatic heterocycles. The van der Waals surface area contributed by atoms with Gasteiger partial charge in [0.25, 0.3) is 5.56 Å². The lowest BCUT2D eigenvalue weighted by atomic mass is 10.3. The molecule has 0 unspecified atom stereocenters. The van der Waals surface area contributed by atoms with Crippen molar-refractivity contribution in [2.75, 3.05) is 0 Å². The molecule has 0 aliphatic heterocycles. The van der Waals surface area contributed by atoms with Crippen LogP contribution < -0.4 is 5.56 Å².